The molecule has 0 N–H and O–H groups in total. The average molecular weight is 998 g/mol. The summed E-state index contributed by atoms with van der Waals surface area (Å²) in [6, 6.07) is 90.8. The van der Waals surface area contributed by atoms with Gasteiger partial charge < -0.3 is 4.90 Å². The summed E-state index contributed by atoms with van der Waals surface area (Å²) in [4.78, 5) is 11.8. The second-order valence-electron chi connectivity index (χ2n) is 22.4. The summed E-state index contributed by atoms with van der Waals surface area (Å²) in [5.41, 5.74) is 27.3. The van der Waals surface area contributed by atoms with E-state index in [4.69, 9.17) is 4.98 Å². The number of para-hydroxylation sites is 1. The van der Waals surface area contributed by atoms with E-state index in [1.807, 2.05) is 6.20 Å². The minimum atomic E-state index is -0.653. The maximum absolute atomic E-state index is 4.85. The molecule has 12 aromatic rings. The lowest BCUT2D eigenvalue weighted by Crippen LogP contribution is -2.29. The highest BCUT2D eigenvalue weighted by Crippen LogP contribution is 2.61. The van der Waals surface area contributed by atoms with Crippen molar-refractivity contribution in [3.63, 3.8) is 0 Å². The topological polar surface area (TPSA) is 29.0 Å². The molecule has 1 unspecified atom stereocenters. The van der Waals surface area contributed by atoms with Crippen molar-refractivity contribution >= 4 is 27.8 Å². The van der Waals surface area contributed by atoms with Gasteiger partial charge in [0.2, 0.25) is 0 Å². The van der Waals surface area contributed by atoms with Gasteiger partial charge in [-0.15, -0.1) is 0 Å². The number of fused-ring (bicyclic) bond motifs is 10. The fraction of sp³-hybridized carbons (Fsp3) is 0.0933. The number of hydrogen-bond acceptors (Lipinski definition) is 3. The summed E-state index contributed by atoms with van der Waals surface area (Å²) in [6.07, 6.45) is 5.41. The summed E-state index contributed by atoms with van der Waals surface area (Å²) in [6.45, 7) is 9.62. The molecule has 1 aromatic heterocycles. The largest absolute Gasteiger partial charge is 0.310 e. The van der Waals surface area contributed by atoms with Crippen LogP contribution in [0.15, 0.2) is 261 Å². The van der Waals surface area contributed by atoms with Crippen LogP contribution in [-0.2, 0) is 16.2 Å². The Hall–Kier alpha value is -9.44. The maximum atomic E-state index is 4.85. The van der Waals surface area contributed by atoms with Crippen molar-refractivity contribution in [3.8, 4) is 66.9 Å². The summed E-state index contributed by atoms with van der Waals surface area (Å²) >= 11 is 0. The van der Waals surface area contributed by atoms with Crippen LogP contribution >= 0.6 is 0 Å². The third-order valence-electron chi connectivity index (χ3n) is 17.7. The molecular formula is C75H55N3. The lowest BCUT2D eigenvalue weighted by Gasteiger charge is -2.35. The Labute approximate surface area is 456 Å². The molecule has 0 saturated carbocycles. The Morgan fingerprint density at radius 3 is 1.69 bits per heavy atom. The number of anilines is 3. The zero-order valence-electron chi connectivity index (χ0n) is 44.2. The van der Waals surface area contributed by atoms with Crippen molar-refractivity contribution in [2.75, 3.05) is 4.90 Å². The van der Waals surface area contributed by atoms with Crippen LogP contribution in [0, 0.1) is 0 Å². The predicted octanol–water partition coefficient (Wildman–Crippen LogP) is 19.1. The van der Waals surface area contributed by atoms with Gasteiger partial charge in [0.15, 0.2) is 0 Å². The summed E-state index contributed by atoms with van der Waals surface area (Å²) in [5, 5.41) is 2.42. The fourth-order valence-electron chi connectivity index (χ4n) is 14.2. The van der Waals surface area contributed by atoms with Crippen LogP contribution in [0.4, 0.5) is 17.1 Å². The highest BCUT2D eigenvalue weighted by molar-refractivity contribution is 6.12. The van der Waals surface area contributed by atoms with E-state index in [-0.39, 0.29) is 10.8 Å². The molecule has 0 amide bonds. The van der Waals surface area contributed by atoms with Crippen LogP contribution < -0.4 is 4.90 Å². The van der Waals surface area contributed by atoms with E-state index in [1.165, 1.54) is 111 Å². The summed E-state index contributed by atoms with van der Waals surface area (Å²) < 4.78 is 0. The van der Waals surface area contributed by atoms with E-state index in [9.17, 15) is 0 Å². The third kappa shape index (κ3) is 6.58. The standard InChI is InChI=1S/C75H55N3/c1-73(2)63-36-16-14-31-55(63)61-45-62-68(46-67(61)73)74(3,4)65-38-20-34-57(71(62)65)56-33-18-24-49-42-54(44-60(70(49)56)48-22-8-5-9-23-48)78(52-28-12-7-13-29-52)53-30-19-27-51(43-53)75(50-25-10-6-11-26-50)64-37-17-15-32-58(64)72-59(35-21-39-66(72)75)69-47-76-40-41-77-69/h5-47H,1-4H3. The molecule has 3 aliphatic rings. The van der Waals surface area contributed by atoms with Crippen LogP contribution in [0.25, 0.3) is 77.7 Å². The molecule has 370 valence electrons. The lowest BCUT2D eigenvalue weighted by atomic mass is 9.67. The van der Waals surface area contributed by atoms with Gasteiger partial charge in [-0.25, -0.2) is 0 Å². The third-order valence-corrected chi connectivity index (χ3v) is 17.7. The van der Waals surface area contributed by atoms with Gasteiger partial charge >= 0.3 is 0 Å². The molecule has 3 nitrogen and oxygen atoms in total. The monoisotopic (exact) mass is 997 g/mol. The van der Waals surface area contributed by atoms with E-state index in [0.717, 1.165) is 28.3 Å². The van der Waals surface area contributed by atoms with Gasteiger partial charge in [0.1, 0.15) is 0 Å². The molecular weight excluding hydrogens is 943 g/mol. The van der Waals surface area contributed by atoms with Crippen molar-refractivity contribution in [2.45, 2.75) is 43.9 Å². The van der Waals surface area contributed by atoms with Crippen LogP contribution in [0.2, 0.25) is 0 Å². The number of benzene rings is 11. The van der Waals surface area contributed by atoms with Gasteiger partial charge in [-0.1, -0.05) is 228 Å². The minimum Gasteiger partial charge on any atom is -0.310 e. The number of nitrogens with zero attached hydrogens (tertiary/aromatic N) is 3. The van der Waals surface area contributed by atoms with Gasteiger partial charge in [0.25, 0.3) is 0 Å². The fourth-order valence-corrected chi connectivity index (χ4v) is 14.2. The van der Waals surface area contributed by atoms with Gasteiger partial charge in [-0.05, 0) is 153 Å². The average Bonchev–Trinajstić information content (AvgIpc) is 4.25. The Morgan fingerprint density at radius 2 is 0.910 bits per heavy atom. The molecule has 0 radical (unpaired) electrons. The van der Waals surface area contributed by atoms with Crippen LogP contribution in [0.1, 0.15) is 72.2 Å². The van der Waals surface area contributed by atoms with Crippen molar-refractivity contribution < 1.29 is 0 Å². The predicted molar refractivity (Wildman–Crippen MR) is 323 cm³/mol. The van der Waals surface area contributed by atoms with E-state index < -0.39 is 5.41 Å². The second kappa shape index (κ2) is 17.3. The van der Waals surface area contributed by atoms with Crippen LogP contribution in [-0.4, -0.2) is 9.97 Å². The van der Waals surface area contributed by atoms with E-state index in [2.05, 4.69) is 280 Å². The molecule has 0 saturated heterocycles. The highest BCUT2D eigenvalue weighted by atomic mass is 15.1. The molecule has 3 aliphatic carbocycles. The van der Waals surface area contributed by atoms with Crippen molar-refractivity contribution in [1.29, 1.82) is 0 Å². The SMILES string of the molecule is CC1(C)c2ccccc2-c2cc3c(cc21)C(C)(C)c1cccc(-c2cccc4cc(N(c5ccccc5)c5cccc(C6(c7ccccc7)c7ccccc7-c7c(-c8cnccn8)cccc76)c5)cc(-c5ccccc5)c24)c1-3. The molecule has 1 atom stereocenters. The molecule has 0 bridgehead atoms. The number of rotatable bonds is 8. The summed E-state index contributed by atoms with van der Waals surface area (Å²) in [5.74, 6) is 0. The Kier molecular flexibility index (Phi) is 10.2. The lowest BCUT2D eigenvalue weighted by molar-refractivity contribution is 0.639. The van der Waals surface area contributed by atoms with Crippen molar-refractivity contribution in [2.24, 2.45) is 0 Å². The Bertz CT molecular complexity index is 4370. The van der Waals surface area contributed by atoms with Gasteiger partial charge in [0, 0.05) is 45.8 Å². The molecule has 0 aliphatic heterocycles. The zero-order valence-corrected chi connectivity index (χ0v) is 44.2. The highest BCUT2D eigenvalue weighted by Gasteiger charge is 2.48. The van der Waals surface area contributed by atoms with E-state index >= 15 is 0 Å². The molecule has 0 fully saturated rings. The molecule has 11 aromatic carbocycles. The summed E-state index contributed by atoms with van der Waals surface area (Å²) in [7, 11) is 0. The molecule has 1 heterocycles. The van der Waals surface area contributed by atoms with Crippen LogP contribution in [0.5, 0.6) is 0 Å². The normalized spacial score (nSPS) is 15.7. The molecule has 78 heavy (non-hydrogen) atoms. The number of aromatic nitrogens is 2. The minimum absolute atomic E-state index is 0.0825. The molecule has 0 spiro atoms. The van der Waals surface area contributed by atoms with Gasteiger partial charge in [-0.3, -0.25) is 9.97 Å². The van der Waals surface area contributed by atoms with Gasteiger partial charge in [0.05, 0.1) is 17.3 Å². The first-order valence-corrected chi connectivity index (χ1v) is 27.3. The van der Waals surface area contributed by atoms with Crippen molar-refractivity contribution in [1.82, 2.24) is 9.97 Å². The van der Waals surface area contributed by atoms with Crippen molar-refractivity contribution in [3.05, 3.63) is 306 Å². The molecule has 3 heteroatoms. The Morgan fingerprint density at radius 1 is 0.333 bits per heavy atom. The number of hydrogen-bond donors (Lipinski definition) is 0. The smallest absolute Gasteiger partial charge is 0.0891 e. The Balaban J connectivity index is 0.953. The first-order valence-electron chi connectivity index (χ1n) is 27.3. The second-order valence-corrected chi connectivity index (χ2v) is 22.4. The zero-order chi connectivity index (χ0) is 52.3. The quantitative estimate of drug-likeness (QED) is 0.152. The van der Waals surface area contributed by atoms with E-state index in [0.29, 0.717) is 0 Å². The first-order chi connectivity index (χ1) is 38.2. The molecule has 15 rings (SSSR count). The van der Waals surface area contributed by atoms with Gasteiger partial charge in [-0.2, -0.15) is 0 Å². The first kappa shape index (κ1) is 45.9. The van der Waals surface area contributed by atoms with Crippen LogP contribution in [0.3, 0.4) is 0 Å². The van der Waals surface area contributed by atoms with E-state index in [1.54, 1.807) is 12.4 Å². The maximum Gasteiger partial charge on any atom is 0.0891 e.